The summed E-state index contributed by atoms with van der Waals surface area (Å²) in [7, 11) is -1.81. The van der Waals surface area contributed by atoms with Gasteiger partial charge in [0.15, 0.2) is 0 Å². The van der Waals surface area contributed by atoms with Crippen molar-refractivity contribution in [2.24, 2.45) is 5.92 Å². The van der Waals surface area contributed by atoms with Crippen molar-refractivity contribution >= 4 is 15.7 Å². The zero-order chi connectivity index (χ0) is 18.9. The quantitative estimate of drug-likeness (QED) is 0.814. The van der Waals surface area contributed by atoms with Crippen LogP contribution in [0.3, 0.4) is 0 Å². The van der Waals surface area contributed by atoms with Gasteiger partial charge in [0.1, 0.15) is 23.0 Å². The van der Waals surface area contributed by atoms with Crippen LogP contribution in [0.25, 0.3) is 0 Å². The van der Waals surface area contributed by atoms with Crippen molar-refractivity contribution in [1.29, 1.82) is 0 Å². The number of hydrogen-bond donors (Lipinski definition) is 2. The van der Waals surface area contributed by atoms with E-state index in [0.717, 1.165) is 44.0 Å². The third-order valence-corrected chi connectivity index (χ3v) is 6.76. The van der Waals surface area contributed by atoms with Crippen molar-refractivity contribution in [3.05, 3.63) is 47.9 Å². The van der Waals surface area contributed by atoms with Crippen molar-refractivity contribution < 1.29 is 17.6 Å². The Morgan fingerprint density at radius 2 is 1.89 bits per heavy atom. The molecule has 27 heavy (non-hydrogen) atoms. The molecular weight excluding hydrogens is 366 g/mol. The molecule has 1 unspecified atom stereocenters. The first-order chi connectivity index (χ1) is 13.0. The summed E-state index contributed by atoms with van der Waals surface area (Å²) in [4.78, 5) is 2.67. The molecule has 3 heterocycles. The standard InChI is InChI=1S/C19H25N3O4S/c1-25-13-16-7-6-15(26-16)12-22-10-8-14(9-11-22)19-20-17-4-2-3-5-18(17)27(23,24)21-19/h2-7,14,19-21H,8-13H2,1H3. The summed E-state index contributed by atoms with van der Waals surface area (Å²) in [6.07, 6.45) is 1.59. The molecule has 2 aliphatic heterocycles. The van der Waals surface area contributed by atoms with Gasteiger partial charge in [-0.3, -0.25) is 4.90 Å². The van der Waals surface area contributed by atoms with E-state index in [-0.39, 0.29) is 12.1 Å². The number of hydrogen-bond acceptors (Lipinski definition) is 6. The van der Waals surface area contributed by atoms with Crippen LogP contribution in [0.4, 0.5) is 5.69 Å². The van der Waals surface area contributed by atoms with Crippen LogP contribution in [0.2, 0.25) is 0 Å². The van der Waals surface area contributed by atoms with Crippen LogP contribution in [0, 0.1) is 5.92 Å². The topological polar surface area (TPSA) is 83.8 Å². The molecule has 0 saturated carbocycles. The maximum absolute atomic E-state index is 12.5. The number of nitrogens with zero attached hydrogens (tertiary/aromatic N) is 1. The molecule has 1 atom stereocenters. The highest BCUT2D eigenvalue weighted by Gasteiger charge is 2.35. The first kappa shape index (κ1) is 18.5. The number of likely N-dealkylation sites (tertiary alicyclic amines) is 1. The Bertz CT molecular complexity index is 888. The summed E-state index contributed by atoms with van der Waals surface area (Å²) >= 11 is 0. The summed E-state index contributed by atoms with van der Waals surface area (Å²) < 4.78 is 38.7. The van der Waals surface area contributed by atoms with Gasteiger partial charge in [0.25, 0.3) is 0 Å². The Labute approximate surface area is 159 Å². The number of ether oxygens (including phenoxy) is 1. The van der Waals surface area contributed by atoms with E-state index >= 15 is 0 Å². The highest BCUT2D eigenvalue weighted by molar-refractivity contribution is 7.89. The second-order valence-corrected chi connectivity index (χ2v) is 8.84. The predicted octanol–water partition coefficient (Wildman–Crippen LogP) is 2.37. The average Bonchev–Trinajstić information content (AvgIpc) is 3.09. The van der Waals surface area contributed by atoms with Crippen LogP contribution in [-0.4, -0.2) is 39.7 Å². The normalized spacial score (nSPS) is 22.9. The molecule has 0 spiro atoms. The molecule has 0 bridgehead atoms. The summed E-state index contributed by atoms with van der Waals surface area (Å²) in [6, 6.07) is 11.0. The minimum absolute atomic E-state index is 0.255. The fraction of sp³-hybridized carbons (Fsp3) is 0.474. The molecule has 0 amide bonds. The highest BCUT2D eigenvalue weighted by Crippen LogP contribution is 2.31. The van der Waals surface area contributed by atoms with Crippen LogP contribution in [0.1, 0.15) is 24.4 Å². The molecular formula is C19H25N3O4S. The minimum atomic E-state index is -3.46. The molecule has 7 nitrogen and oxygen atoms in total. The molecule has 1 aromatic carbocycles. The Hall–Kier alpha value is -1.87. The predicted molar refractivity (Wildman–Crippen MR) is 102 cm³/mol. The lowest BCUT2D eigenvalue weighted by Crippen LogP contribution is -2.51. The van der Waals surface area contributed by atoms with Crippen LogP contribution < -0.4 is 10.0 Å². The van der Waals surface area contributed by atoms with E-state index < -0.39 is 10.0 Å². The number of rotatable bonds is 5. The number of anilines is 1. The van der Waals surface area contributed by atoms with E-state index in [0.29, 0.717) is 17.2 Å². The number of methoxy groups -OCH3 is 1. The van der Waals surface area contributed by atoms with Gasteiger partial charge in [0, 0.05) is 7.11 Å². The molecule has 1 fully saturated rings. The number of benzene rings is 1. The number of piperidine rings is 1. The third-order valence-electron chi connectivity index (χ3n) is 5.26. The van der Waals surface area contributed by atoms with E-state index in [9.17, 15) is 8.42 Å². The van der Waals surface area contributed by atoms with Crippen molar-refractivity contribution in [1.82, 2.24) is 9.62 Å². The lowest BCUT2D eigenvalue weighted by molar-refractivity contribution is 0.143. The van der Waals surface area contributed by atoms with Crippen molar-refractivity contribution in [3.63, 3.8) is 0 Å². The Balaban J connectivity index is 1.35. The van der Waals surface area contributed by atoms with Gasteiger partial charge in [-0.2, -0.15) is 4.72 Å². The second kappa shape index (κ2) is 7.63. The molecule has 4 rings (SSSR count). The van der Waals surface area contributed by atoms with Gasteiger partial charge in [-0.05, 0) is 56.1 Å². The zero-order valence-electron chi connectivity index (χ0n) is 15.3. The highest BCUT2D eigenvalue weighted by atomic mass is 32.2. The summed E-state index contributed by atoms with van der Waals surface area (Å²) in [5.41, 5.74) is 0.685. The van der Waals surface area contributed by atoms with E-state index in [1.54, 1.807) is 19.2 Å². The van der Waals surface area contributed by atoms with Gasteiger partial charge in [-0.25, -0.2) is 8.42 Å². The second-order valence-electron chi connectivity index (χ2n) is 7.15. The zero-order valence-corrected chi connectivity index (χ0v) is 16.2. The summed E-state index contributed by atoms with van der Waals surface area (Å²) in [6.45, 7) is 3.07. The Kier molecular flexibility index (Phi) is 5.23. The van der Waals surface area contributed by atoms with Gasteiger partial charge >= 0.3 is 0 Å². The SMILES string of the molecule is COCc1ccc(CN2CCC(C3Nc4ccccc4S(=O)(=O)N3)CC2)o1. The number of fused-ring (bicyclic) bond motifs is 1. The average molecular weight is 391 g/mol. The summed E-state index contributed by atoms with van der Waals surface area (Å²) in [5, 5.41) is 3.36. The van der Waals surface area contributed by atoms with E-state index in [1.807, 2.05) is 24.3 Å². The molecule has 146 valence electrons. The lowest BCUT2D eigenvalue weighted by atomic mass is 9.93. The van der Waals surface area contributed by atoms with Crippen molar-refractivity contribution in [3.8, 4) is 0 Å². The Morgan fingerprint density at radius 1 is 1.15 bits per heavy atom. The fourth-order valence-electron chi connectivity index (χ4n) is 3.85. The molecule has 2 N–H and O–H groups in total. The van der Waals surface area contributed by atoms with Gasteiger partial charge in [-0.15, -0.1) is 0 Å². The monoisotopic (exact) mass is 391 g/mol. The number of nitrogens with one attached hydrogen (secondary N) is 2. The largest absolute Gasteiger partial charge is 0.462 e. The van der Waals surface area contributed by atoms with Gasteiger partial charge in [0.05, 0.1) is 18.4 Å². The maximum Gasteiger partial charge on any atom is 0.244 e. The molecule has 2 aromatic rings. The van der Waals surface area contributed by atoms with Crippen LogP contribution in [0.5, 0.6) is 0 Å². The van der Waals surface area contributed by atoms with E-state index in [4.69, 9.17) is 9.15 Å². The van der Waals surface area contributed by atoms with Gasteiger partial charge < -0.3 is 14.5 Å². The van der Waals surface area contributed by atoms with Gasteiger partial charge in [0.2, 0.25) is 10.0 Å². The number of furan rings is 1. The number of para-hydroxylation sites is 1. The van der Waals surface area contributed by atoms with Crippen molar-refractivity contribution in [2.75, 3.05) is 25.5 Å². The number of sulfonamides is 1. The molecule has 2 aliphatic rings. The minimum Gasteiger partial charge on any atom is -0.462 e. The molecule has 0 aliphatic carbocycles. The first-order valence-corrected chi connectivity index (χ1v) is 10.7. The summed E-state index contributed by atoms with van der Waals surface area (Å²) in [5.74, 6) is 2.03. The fourth-order valence-corrected chi connectivity index (χ4v) is 5.24. The molecule has 0 radical (unpaired) electrons. The van der Waals surface area contributed by atoms with E-state index in [2.05, 4.69) is 14.9 Å². The van der Waals surface area contributed by atoms with E-state index in [1.165, 1.54) is 0 Å². The smallest absolute Gasteiger partial charge is 0.244 e. The maximum atomic E-state index is 12.5. The third kappa shape index (κ3) is 4.03. The van der Waals surface area contributed by atoms with Crippen LogP contribution in [0.15, 0.2) is 45.7 Å². The first-order valence-electron chi connectivity index (χ1n) is 9.22. The van der Waals surface area contributed by atoms with Gasteiger partial charge in [-0.1, -0.05) is 12.1 Å². The van der Waals surface area contributed by atoms with Crippen molar-refractivity contribution in [2.45, 2.75) is 37.1 Å². The lowest BCUT2D eigenvalue weighted by Gasteiger charge is -2.38. The molecule has 8 heteroatoms. The molecule has 1 aromatic heterocycles. The van der Waals surface area contributed by atoms with Crippen LogP contribution >= 0.6 is 0 Å². The molecule has 1 saturated heterocycles. The van der Waals surface area contributed by atoms with Crippen LogP contribution in [-0.2, 0) is 27.9 Å². The Morgan fingerprint density at radius 3 is 2.67 bits per heavy atom.